The Hall–Kier alpha value is -3.68. The second-order valence-electron chi connectivity index (χ2n) is 7.84. The molecule has 1 aliphatic rings. The zero-order valence-electron chi connectivity index (χ0n) is 18.8. The van der Waals surface area contributed by atoms with Crippen molar-refractivity contribution < 1.29 is 27.8 Å². The van der Waals surface area contributed by atoms with E-state index in [9.17, 15) is 9.59 Å². The Balaban J connectivity index is 2.15. The first-order valence-corrected chi connectivity index (χ1v) is 10.5. The van der Waals surface area contributed by atoms with Gasteiger partial charge in [0.25, 0.3) is 5.91 Å². The average molecular weight is 454 g/mol. The molecule has 1 amide bonds. The maximum atomic E-state index is 15.7. The Morgan fingerprint density at radius 1 is 1.09 bits per heavy atom. The Morgan fingerprint density at radius 2 is 1.76 bits per heavy atom. The Morgan fingerprint density at radius 3 is 2.39 bits per heavy atom. The van der Waals surface area contributed by atoms with E-state index >= 15 is 8.78 Å². The van der Waals surface area contributed by atoms with Gasteiger partial charge in [-0.1, -0.05) is 30.3 Å². The highest BCUT2D eigenvalue weighted by Crippen LogP contribution is 2.44. The third kappa shape index (κ3) is 3.55. The van der Waals surface area contributed by atoms with E-state index in [1.54, 1.807) is 48.0 Å². The summed E-state index contributed by atoms with van der Waals surface area (Å²) in [4.78, 5) is 27.0. The molecule has 0 saturated heterocycles. The number of hydrogen-bond acceptors (Lipinski definition) is 4. The number of carbonyl (C=O) groups excluding carboxylic acids is 2. The SMILES string of the molecule is CCOC(=O)C(F)(F)C1=C(c2ccc(OC)cc2)c2c(n(C)c3ccccc23)C(=O)N(C)C1. The highest BCUT2D eigenvalue weighted by molar-refractivity contribution is 6.12. The third-order valence-electron chi connectivity index (χ3n) is 5.89. The number of hydrogen-bond donors (Lipinski definition) is 0. The van der Waals surface area contributed by atoms with E-state index in [1.807, 2.05) is 12.1 Å². The normalized spacial score (nSPS) is 14.4. The molecule has 33 heavy (non-hydrogen) atoms. The molecule has 0 atom stereocenters. The number of alkyl halides is 2. The van der Waals surface area contributed by atoms with Crippen LogP contribution in [0, 0.1) is 0 Å². The molecule has 2 aromatic carbocycles. The number of fused-ring (bicyclic) bond motifs is 3. The van der Waals surface area contributed by atoms with Crippen molar-refractivity contribution in [3.8, 4) is 5.75 Å². The number of nitrogens with zero attached hydrogens (tertiary/aromatic N) is 2. The molecule has 1 aromatic heterocycles. The van der Waals surface area contributed by atoms with Crippen LogP contribution in [0.4, 0.5) is 8.78 Å². The van der Waals surface area contributed by atoms with Crippen LogP contribution < -0.4 is 4.74 Å². The van der Waals surface area contributed by atoms with Crippen molar-refractivity contribution in [3.63, 3.8) is 0 Å². The summed E-state index contributed by atoms with van der Waals surface area (Å²) in [6.45, 7) is 0.848. The van der Waals surface area contributed by atoms with Crippen LogP contribution in [-0.2, 0) is 16.6 Å². The van der Waals surface area contributed by atoms with E-state index in [4.69, 9.17) is 9.47 Å². The van der Waals surface area contributed by atoms with Gasteiger partial charge in [0.2, 0.25) is 0 Å². The van der Waals surface area contributed by atoms with Crippen LogP contribution in [0.25, 0.3) is 16.5 Å². The summed E-state index contributed by atoms with van der Waals surface area (Å²) < 4.78 is 42.9. The lowest BCUT2D eigenvalue weighted by Gasteiger charge is -2.24. The fraction of sp³-hybridized carbons (Fsp3) is 0.280. The number of benzene rings is 2. The summed E-state index contributed by atoms with van der Waals surface area (Å²) >= 11 is 0. The van der Waals surface area contributed by atoms with Crippen molar-refractivity contribution in [2.75, 3.05) is 27.3 Å². The van der Waals surface area contributed by atoms with Gasteiger partial charge in [0.1, 0.15) is 11.4 Å². The third-order valence-corrected chi connectivity index (χ3v) is 5.89. The number of aromatic nitrogens is 1. The number of esters is 1. The minimum absolute atomic E-state index is 0.139. The molecule has 0 unspecified atom stereocenters. The number of amides is 1. The van der Waals surface area contributed by atoms with E-state index in [1.165, 1.54) is 26.0 Å². The Bertz CT molecular complexity index is 1280. The predicted octanol–water partition coefficient (Wildman–Crippen LogP) is 4.27. The van der Waals surface area contributed by atoms with Crippen LogP contribution >= 0.6 is 0 Å². The second-order valence-corrected chi connectivity index (χ2v) is 7.84. The fourth-order valence-corrected chi connectivity index (χ4v) is 4.29. The summed E-state index contributed by atoms with van der Waals surface area (Å²) in [7, 11) is 4.69. The monoisotopic (exact) mass is 454 g/mol. The van der Waals surface area contributed by atoms with Gasteiger partial charge < -0.3 is 18.9 Å². The van der Waals surface area contributed by atoms with E-state index in [0.717, 1.165) is 5.52 Å². The van der Waals surface area contributed by atoms with Gasteiger partial charge >= 0.3 is 11.9 Å². The predicted molar refractivity (Wildman–Crippen MR) is 120 cm³/mol. The zero-order valence-corrected chi connectivity index (χ0v) is 18.8. The maximum absolute atomic E-state index is 15.7. The quantitative estimate of drug-likeness (QED) is 0.540. The highest BCUT2D eigenvalue weighted by Gasteiger charge is 2.49. The van der Waals surface area contributed by atoms with Gasteiger partial charge in [-0.15, -0.1) is 0 Å². The van der Waals surface area contributed by atoms with Crippen molar-refractivity contribution in [1.82, 2.24) is 9.47 Å². The first-order chi connectivity index (χ1) is 15.7. The molecule has 8 heteroatoms. The summed E-state index contributed by atoms with van der Waals surface area (Å²) in [6, 6.07) is 13.8. The lowest BCUT2D eigenvalue weighted by Crippen LogP contribution is -2.39. The Kier molecular flexibility index (Phi) is 5.69. The molecule has 0 radical (unpaired) electrons. The zero-order chi connectivity index (χ0) is 23.9. The minimum Gasteiger partial charge on any atom is -0.497 e. The smallest absolute Gasteiger partial charge is 0.381 e. The van der Waals surface area contributed by atoms with Gasteiger partial charge in [0.15, 0.2) is 0 Å². The molecular formula is C25H24F2N2O4. The van der Waals surface area contributed by atoms with Crippen LogP contribution in [-0.4, -0.2) is 54.6 Å². The summed E-state index contributed by atoms with van der Waals surface area (Å²) in [6.07, 6.45) is 0. The standard InChI is InChI=1S/C25H24F2N2O4/c1-5-33-24(31)25(26,27)18-14-28(2)23(30)22-21(17-8-6-7-9-19(17)29(22)3)20(18)15-10-12-16(32-4)13-11-15/h6-13H,5,14H2,1-4H3. The second kappa shape index (κ2) is 8.35. The van der Waals surface area contributed by atoms with E-state index in [2.05, 4.69) is 0 Å². The van der Waals surface area contributed by atoms with Gasteiger partial charge in [0.05, 0.1) is 13.7 Å². The molecule has 172 valence electrons. The molecule has 1 aliphatic heterocycles. The van der Waals surface area contributed by atoms with E-state index in [-0.39, 0.29) is 17.9 Å². The lowest BCUT2D eigenvalue weighted by atomic mass is 9.89. The molecule has 4 rings (SSSR count). The number of para-hydroxylation sites is 1. The molecule has 0 bridgehead atoms. The largest absolute Gasteiger partial charge is 0.497 e. The Labute approximate surface area is 190 Å². The summed E-state index contributed by atoms with van der Waals surface area (Å²) in [5.74, 6) is -5.45. The molecule has 0 aliphatic carbocycles. The topological polar surface area (TPSA) is 60.8 Å². The minimum atomic E-state index is -3.95. The molecule has 6 nitrogen and oxygen atoms in total. The summed E-state index contributed by atoms with van der Waals surface area (Å²) in [5, 5.41) is 0.640. The van der Waals surface area contributed by atoms with Gasteiger partial charge in [-0.3, -0.25) is 4.79 Å². The van der Waals surface area contributed by atoms with E-state index in [0.29, 0.717) is 22.3 Å². The summed E-state index contributed by atoms with van der Waals surface area (Å²) in [5.41, 5.74) is 1.45. The highest BCUT2D eigenvalue weighted by atomic mass is 19.3. The fourth-order valence-electron chi connectivity index (χ4n) is 4.29. The number of carbonyl (C=O) groups is 2. The van der Waals surface area contributed by atoms with Gasteiger partial charge in [-0.25, -0.2) is 4.79 Å². The van der Waals surface area contributed by atoms with Gasteiger partial charge in [-0.2, -0.15) is 8.78 Å². The molecule has 3 aromatic rings. The van der Waals surface area contributed by atoms with Crippen molar-refractivity contribution in [2.24, 2.45) is 7.05 Å². The van der Waals surface area contributed by atoms with Crippen molar-refractivity contribution in [3.05, 3.63) is 70.9 Å². The van der Waals surface area contributed by atoms with Crippen LogP contribution in [0.1, 0.15) is 28.5 Å². The molecular weight excluding hydrogens is 430 g/mol. The van der Waals surface area contributed by atoms with Gasteiger partial charge in [0, 0.05) is 42.7 Å². The number of likely N-dealkylation sites (N-methyl/N-ethyl adjacent to an activating group) is 1. The number of halogens is 2. The molecule has 0 N–H and O–H groups in total. The van der Waals surface area contributed by atoms with Crippen LogP contribution in [0.3, 0.4) is 0 Å². The lowest BCUT2D eigenvalue weighted by molar-refractivity contribution is -0.166. The molecule has 0 saturated carbocycles. The number of rotatable bonds is 5. The number of ether oxygens (including phenoxy) is 2. The van der Waals surface area contributed by atoms with Crippen molar-refractivity contribution >= 4 is 28.4 Å². The van der Waals surface area contributed by atoms with Crippen LogP contribution in [0.15, 0.2) is 54.1 Å². The number of methoxy groups -OCH3 is 1. The molecule has 2 heterocycles. The number of aryl methyl sites for hydroxylation is 1. The first-order valence-electron chi connectivity index (χ1n) is 10.5. The average Bonchev–Trinajstić information content (AvgIpc) is 3.04. The van der Waals surface area contributed by atoms with Gasteiger partial charge in [-0.05, 0) is 36.3 Å². The molecule has 0 spiro atoms. The van der Waals surface area contributed by atoms with Crippen molar-refractivity contribution in [2.45, 2.75) is 12.8 Å². The van der Waals surface area contributed by atoms with E-state index < -0.39 is 29.9 Å². The molecule has 0 fully saturated rings. The maximum Gasteiger partial charge on any atom is 0.381 e. The van der Waals surface area contributed by atoms with Crippen LogP contribution in [0.5, 0.6) is 5.75 Å². The van der Waals surface area contributed by atoms with Crippen LogP contribution in [0.2, 0.25) is 0 Å². The first kappa shape index (κ1) is 22.5. The van der Waals surface area contributed by atoms with Crippen molar-refractivity contribution in [1.29, 1.82) is 0 Å².